The molecular formula is C22H30N2O2S. The van der Waals surface area contributed by atoms with Gasteiger partial charge in [0.15, 0.2) is 0 Å². The van der Waals surface area contributed by atoms with Gasteiger partial charge in [0, 0.05) is 23.5 Å². The van der Waals surface area contributed by atoms with Gasteiger partial charge in [-0.25, -0.2) is 0 Å². The molecule has 0 radical (unpaired) electrons. The van der Waals surface area contributed by atoms with Crippen molar-refractivity contribution in [1.82, 2.24) is 10.2 Å². The molecule has 1 amide bonds. The molecule has 0 spiro atoms. The van der Waals surface area contributed by atoms with Gasteiger partial charge in [0.1, 0.15) is 5.75 Å². The van der Waals surface area contributed by atoms with E-state index in [0.29, 0.717) is 11.5 Å². The minimum atomic E-state index is 0.0103. The third-order valence-corrected chi connectivity index (χ3v) is 5.96. The van der Waals surface area contributed by atoms with E-state index in [1.54, 1.807) is 0 Å². The molecule has 1 aliphatic heterocycles. The minimum Gasteiger partial charge on any atom is -0.494 e. The van der Waals surface area contributed by atoms with E-state index >= 15 is 0 Å². The van der Waals surface area contributed by atoms with Crippen LogP contribution in [-0.4, -0.2) is 37.0 Å². The van der Waals surface area contributed by atoms with Gasteiger partial charge in [0.2, 0.25) is 0 Å². The van der Waals surface area contributed by atoms with Gasteiger partial charge in [-0.2, -0.15) is 0 Å². The Bertz CT molecular complexity index is 677. The Morgan fingerprint density at radius 2 is 2.00 bits per heavy atom. The first-order chi connectivity index (χ1) is 13.2. The number of hydrogen-bond acceptors (Lipinski definition) is 4. The third kappa shape index (κ3) is 6.36. The SMILES string of the molecule is CCCCOc1ccc(C(=O)NCC2CCN(Cc3cccs3)CC2)cc1. The van der Waals surface area contributed by atoms with E-state index in [1.165, 1.54) is 4.88 Å². The van der Waals surface area contributed by atoms with E-state index in [4.69, 9.17) is 4.74 Å². The van der Waals surface area contributed by atoms with Crippen molar-refractivity contribution in [2.45, 2.75) is 39.2 Å². The van der Waals surface area contributed by atoms with Crippen molar-refractivity contribution < 1.29 is 9.53 Å². The van der Waals surface area contributed by atoms with Crippen molar-refractivity contribution in [1.29, 1.82) is 0 Å². The zero-order valence-corrected chi connectivity index (χ0v) is 17.0. The maximum atomic E-state index is 12.4. The molecular weight excluding hydrogens is 356 g/mol. The first-order valence-corrected chi connectivity index (χ1v) is 10.9. The van der Waals surface area contributed by atoms with Crippen LogP contribution < -0.4 is 10.1 Å². The summed E-state index contributed by atoms with van der Waals surface area (Å²) in [6.07, 6.45) is 4.47. The minimum absolute atomic E-state index is 0.0103. The Labute approximate surface area is 166 Å². The number of amides is 1. The number of unbranched alkanes of at least 4 members (excludes halogenated alkanes) is 1. The molecule has 0 aliphatic carbocycles. The Balaban J connectivity index is 1.37. The number of likely N-dealkylation sites (tertiary alicyclic amines) is 1. The van der Waals surface area contributed by atoms with Crippen LogP contribution >= 0.6 is 11.3 Å². The summed E-state index contributed by atoms with van der Waals surface area (Å²) in [5, 5.41) is 5.24. The average Bonchev–Trinajstić information content (AvgIpc) is 3.21. The van der Waals surface area contributed by atoms with Crippen LogP contribution in [0.15, 0.2) is 41.8 Å². The summed E-state index contributed by atoms with van der Waals surface area (Å²) in [4.78, 5) is 16.3. The van der Waals surface area contributed by atoms with Gasteiger partial charge in [0.05, 0.1) is 6.61 Å². The third-order valence-electron chi connectivity index (χ3n) is 5.10. The quantitative estimate of drug-likeness (QED) is 0.642. The molecule has 4 nitrogen and oxygen atoms in total. The van der Waals surface area contributed by atoms with Crippen LogP contribution in [0.4, 0.5) is 0 Å². The molecule has 1 N–H and O–H groups in total. The zero-order valence-electron chi connectivity index (χ0n) is 16.2. The number of nitrogens with zero attached hydrogens (tertiary/aromatic N) is 1. The molecule has 146 valence electrons. The lowest BCUT2D eigenvalue weighted by atomic mass is 9.96. The van der Waals surface area contributed by atoms with Crippen molar-refractivity contribution in [2.24, 2.45) is 5.92 Å². The van der Waals surface area contributed by atoms with Crippen LogP contribution in [0, 0.1) is 5.92 Å². The number of nitrogens with one attached hydrogen (secondary N) is 1. The smallest absolute Gasteiger partial charge is 0.251 e. The molecule has 2 aromatic rings. The van der Waals surface area contributed by atoms with Crippen molar-refractivity contribution >= 4 is 17.2 Å². The lowest BCUT2D eigenvalue weighted by Crippen LogP contribution is -2.38. The molecule has 1 saturated heterocycles. The molecule has 0 saturated carbocycles. The second-order valence-electron chi connectivity index (χ2n) is 7.24. The highest BCUT2D eigenvalue weighted by atomic mass is 32.1. The van der Waals surface area contributed by atoms with Crippen LogP contribution in [0.5, 0.6) is 5.75 Å². The van der Waals surface area contributed by atoms with Gasteiger partial charge in [-0.05, 0) is 74.0 Å². The van der Waals surface area contributed by atoms with E-state index in [0.717, 1.165) is 64.2 Å². The largest absolute Gasteiger partial charge is 0.494 e. The number of ether oxygens (including phenoxy) is 1. The first-order valence-electron chi connectivity index (χ1n) is 10.0. The second-order valence-corrected chi connectivity index (χ2v) is 8.27. The van der Waals surface area contributed by atoms with Crippen LogP contribution in [0.25, 0.3) is 0 Å². The highest BCUT2D eigenvalue weighted by Crippen LogP contribution is 2.20. The van der Waals surface area contributed by atoms with Gasteiger partial charge in [-0.1, -0.05) is 19.4 Å². The fraction of sp³-hybridized carbons (Fsp3) is 0.500. The van der Waals surface area contributed by atoms with Crippen molar-refractivity contribution in [3.63, 3.8) is 0 Å². The summed E-state index contributed by atoms with van der Waals surface area (Å²) in [6, 6.07) is 11.8. The number of carbonyl (C=O) groups is 1. The van der Waals surface area contributed by atoms with Gasteiger partial charge in [0.25, 0.3) is 5.91 Å². The number of benzene rings is 1. The molecule has 2 heterocycles. The molecule has 3 rings (SSSR count). The summed E-state index contributed by atoms with van der Waals surface area (Å²) in [5.74, 6) is 1.42. The first kappa shape index (κ1) is 19.9. The van der Waals surface area contributed by atoms with Crippen molar-refractivity contribution in [3.8, 4) is 5.75 Å². The van der Waals surface area contributed by atoms with Crippen LogP contribution in [0.3, 0.4) is 0 Å². The molecule has 1 fully saturated rings. The van der Waals surface area contributed by atoms with Crippen molar-refractivity contribution in [3.05, 3.63) is 52.2 Å². The predicted octanol–water partition coefficient (Wildman–Crippen LogP) is 4.57. The summed E-state index contributed by atoms with van der Waals surface area (Å²) >= 11 is 1.83. The van der Waals surface area contributed by atoms with Gasteiger partial charge >= 0.3 is 0 Å². The number of hydrogen-bond donors (Lipinski definition) is 1. The summed E-state index contributed by atoms with van der Waals surface area (Å²) < 4.78 is 5.65. The Morgan fingerprint density at radius 3 is 2.67 bits per heavy atom. The monoisotopic (exact) mass is 386 g/mol. The fourth-order valence-corrected chi connectivity index (χ4v) is 4.09. The average molecular weight is 387 g/mol. The molecule has 5 heteroatoms. The predicted molar refractivity (Wildman–Crippen MR) is 111 cm³/mol. The van der Waals surface area contributed by atoms with Crippen molar-refractivity contribution in [2.75, 3.05) is 26.2 Å². The lowest BCUT2D eigenvalue weighted by Gasteiger charge is -2.31. The summed E-state index contributed by atoms with van der Waals surface area (Å²) in [6.45, 7) is 6.92. The highest BCUT2D eigenvalue weighted by molar-refractivity contribution is 7.09. The van der Waals surface area contributed by atoms with Gasteiger partial charge < -0.3 is 10.1 Å². The molecule has 27 heavy (non-hydrogen) atoms. The van der Waals surface area contributed by atoms with E-state index in [1.807, 2.05) is 35.6 Å². The van der Waals surface area contributed by atoms with Crippen LogP contribution in [0.1, 0.15) is 47.8 Å². The Morgan fingerprint density at radius 1 is 1.22 bits per heavy atom. The normalized spacial score (nSPS) is 15.6. The highest BCUT2D eigenvalue weighted by Gasteiger charge is 2.20. The topological polar surface area (TPSA) is 41.6 Å². The standard InChI is InChI=1S/C22H30N2O2S/c1-2-3-14-26-20-8-6-19(7-9-20)22(25)23-16-18-10-12-24(13-11-18)17-21-5-4-15-27-21/h4-9,15,18H,2-3,10-14,16-17H2,1H3,(H,23,25). The van der Waals surface area contributed by atoms with Gasteiger partial charge in [-0.3, -0.25) is 9.69 Å². The van der Waals surface area contributed by atoms with E-state index in [9.17, 15) is 4.79 Å². The molecule has 0 unspecified atom stereocenters. The maximum absolute atomic E-state index is 12.4. The van der Waals surface area contributed by atoms with Gasteiger partial charge in [-0.15, -0.1) is 11.3 Å². The maximum Gasteiger partial charge on any atom is 0.251 e. The van der Waals surface area contributed by atoms with E-state index in [2.05, 4.69) is 34.7 Å². The molecule has 1 aromatic heterocycles. The number of carbonyl (C=O) groups excluding carboxylic acids is 1. The molecule has 1 aromatic carbocycles. The summed E-state index contributed by atoms with van der Waals surface area (Å²) in [7, 11) is 0. The number of rotatable bonds is 9. The summed E-state index contributed by atoms with van der Waals surface area (Å²) in [5.41, 5.74) is 0.702. The zero-order chi connectivity index (χ0) is 18.9. The number of piperidine rings is 1. The van der Waals surface area contributed by atoms with Crippen LogP contribution in [0.2, 0.25) is 0 Å². The molecule has 0 bridgehead atoms. The van der Waals surface area contributed by atoms with E-state index in [-0.39, 0.29) is 5.91 Å². The lowest BCUT2D eigenvalue weighted by molar-refractivity contribution is 0.0935. The number of thiophene rings is 1. The molecule has 0 atom stereocenters. The Hall–Kier alpha value is -1.85. The van der Waals surface area contributed by atoms with Crippen LogP contribution in [-0.2, 0) is 6.54 Å². The Kier molecular flexibility index (Phi) is 7.72. The fourth-order valence-electron chi connectivity index (χ4n) is 3.35. The molecule has 1 aliphatic rings. The van der Waals surface area contributed by atoms with E-state index < -0.39 is 0 Å². The second kappa shape index (κ2) is 10.5.